The normalized spacial score (nSPS) is 10.9. The Labute approximate surface area is 146 Å². The predicted octanol–water partition coefficient (Wildman–Crippen LogP) is 5.59. The fourth-order valence-electron chi connectivity index (χ4n) is 1.02. The quantitative estimate of drug-likeness (QED) is 0.245. The van der Waals surface area contributed by atoms with Gasteiger partial charge < -0.3 is 0 Å². The van der Waals surface area contributed by atoms with E-state index in [4.69, 9.17) is 0 Å². The molecule has 0 N–H and O–H groups in total. The van der Waals surface area contributed by atoms with Crippen LogP contribution in [0, 0.1) is 15.3 Å². The first-order valence-corrected chi connectivity index (χ1v) is 7.62. The minimum Gasteiger partial charge on any atom is -0.248 e. The molecule has 0 amide bonds. The van der Waals surface area contributed by atoms with Gasteiger partial charge in [0.15, 0.2) is 17.3 Å². The van der Waals surface area contributed by atoms with Crippen LogP contribution in [0.1, 0.15) is 5.69 Å². The maximum Gasteiger partial charge on any atom is 0.436 e. The highest BCUT2D eigenvalue weighted by molar-refractivity contribution is 14.1. The third-order valence-corrected chi connectivity index (χ3v) is 3.50. The fraction of sp³-hybridized carbons (Fsp3) is 0.0909. The van der Waals surface area contributed by atoms with E-state index in [9.17, 15) is 22.0 Å². The molecule has 0 aliphatic heterocycles. The van der Waals surface area contributed by atoms with Crippen LogP contribution in [0.2, 0.25) is 0 Å². The van der Waals surface area contributed by atoms with Crippen molar-refractivity contribution >= 4 is 54.5 Å². The van der Waals surface area contributed by atoms with E-state index in [-0.39, 0.29) is 10.3 Å². The zero-order chi connectivity index (χ0) is 16.2. The highest BCUT2D eigenvalue weighted by Crippen LogP contribution is 2.30. The van der Waals surface area contributed by atoms with Crippen molar-refractivity contribution in [2.75, 3.05) is 0 Å². The summed E-state index contributed by atoms with van der Waals surface area (Å²) in [5.74, 6) is -1.66. The monoisotopic (exact) mass is 544 g/mol. The molecule has 0 saturated carbocycles. The van der Waals surface area contributed by atoms with Crippen LogP contribution in [0.25, 0.3) is 0 Å². The molecule has 0 aromatic carbocycles. The molecule has 114 valence electrons. The smallest absolute Gasteiger partial charge is 0.248 e. The van der Waals surface area contributed by atoms with Crippen LogP contribution in [0.4, 0.5) is 22.0 Å². The van der Waals surface area contributed by atoms with E-state index in [1.165, 1.54) is 6.07 Å². The van der Waals surface area contributed by atoms with Crippen LogP contribution in [-0.2, 0) is 6.18 Å². The Kier molecular flexibility index (Phi) is 6.91. The lowest BCUT2D eigenvalue weighted by atomic mass is 10.3. The number of halogens is 8. The Hall–Kier alpha value is -0.360. The Morgan fingerprint density at radius 1 is 0.905 bits per heavy atom. The molecular weight excluding hydrogens is 542 g/mol. The number of hydrogen-bond donors (Lipinski definition) is 0. The molecule has 2 aromatic heterocycles. The molecule has 21 heavy (non-hydrogen) atoms. The number of pyridine rings is 2. The van der Waals surface area contributed by atoms with Crippen LogP contribution in [0.15, 0.2) is 33.5 Å². The van der Waals surface area contributed by atoms with Crippen LogP contribution < -0.4 is 0 Å². The van der Waals surface area contributed by atoms with Crippen molar-refractivity contribution in [2.24, 2.45) is 0 Å². The van der Waals surface area contributed by atoms with Gasteiger partial charge in [-0.3, -0.25) is 0 Å². The molecule has 0 radical (unpaired) electrons. The summed E-state index contributed by atoms with van der Waals surface area (Å²) >= 11 is 7.72. The van der Waals surface area contributed by atoms with Gasteiger partial charge in [-0.2, -0.15) is 13.2 Å². The second-order valence-electron chi connectivity index (χ2n) is 3.41. The summed E-state index contributed by atoms with van der Waals surface area (Å²) in [5, 5.41) is 0. The molecule has 2 rings (SSSR count). The minimum atomic E-state index is -4.73. The molecule has 0 aliphatic rings. The Morgan fingerprint density at radius 2 is 1.38 bits per heavy atom. The van der Waals surface area contributed by atoms with E-state index in [1.54, 1.807) is 6.20 Å². The van der Waals surface area contributed by atoms with Crippen LogP contribution in [0.3, 0.4) is 0 Å². The Bertz CT molecular complexity index is 636. The van der Waals surface area contributed by atoms with Gasteiger partial charge in [0.05, 0.1) is 0 Å². The molecule has 0 aliphatic carbocycles. The number of aromatic nitrogens is 2. The number of rotatable bonds is 0. The van der Waals surface area contributed by atoms with Crippen molar-refractivity contribution in [1.29, 1.82) is 0 Å². The summed E-state index contributed by atoms with van der Waals surface area (Å²) in [4.78, 5) is 6.65. The second-order valence-corrected chi connectivity index (χ2v) is 6.26. The van der Waals surface area contributed by atoms with Crippen LogP contribution >= 0.6 is 54.5 Å². The van der Waals surface area contributed by atoms with Crippen molar-refractivity contribution < 1.29 is 22.0 Å². The van der Waals surface area contributed by atoms with Crippen LogP contribution in [0.5, 0.6) is 0 Å². The van der Waals surface area contributed by atoms with Crippen molar-refractivity contribution in [3.05, 3.63) is 54.5 Å². The molecule has 0 unspecified atom stereocenters. The Balaban J connectivity index is 0.000000219. The molecule has 0 saturated heterocycles. The second kappa shape index (κ2) is 7.77. The van der Waals surface area contributed by atoms with Crippen molar-refractivity contribution in [3.63, 3.8) is 0 Å². The summed E-state index contributed by atoms with van der Waals surface area (Å²) in [7, 11) is 0. The van der Waals surface area contributed by atoms with Gasteiger partial charge in [0.2, 0.25) is 0 Å². The molecule has 0 atom stereocenters. The number of hydrogen-bond acceptors (Lipinski definition) is 2. The van der Waals surface area contributed by atoms with Gasteiger partial charge in [-0.25, -0.2) is 18.7 Å². The summed E-state index contributed by atoms with van der Waals surface area (Å²) < 4.78 is 61.8. The van der Waals surface area contributed by atoms with E-state index in [1.807, 2.05) is 22.6 Å². The molecule has 0 bridgehead atoms. The van der Waals surface area contributed by atoms with Gasteiger partial charge in [0, 0.05) is 21.3 Å². The summed E-state index contributed by atoms with van der Waals surface area (Å²) in [6.07, 6.45) is -2.28. The van der Waals surface area contributed by atoms with Gasteiger partial charge >= 0.3 is 6.18 Å². The lowest BCUT2D eigenvalue weighted by Crippen LogP contribution is -2.10. The summed E-state index contributed by atoms with van der Waals surface area (Å²) in [5.41, 5.74) is -1.49. The summed E-state index contributed by atoms with van der Waals surface area (Å²) in [6, 6.07) is 2.10. The number of nitrogens with zero attached hydrogens (tertiary/aromatic N) is 2. The minimum absolute atomic E-state index is 0.174. The molecule has 10 heteroatoms. The van der Waals surface area contributed by atoms with Gasteiger partial charge in [-0.15, -0.1) is 0 Å². The van der Waals surface area contributed by atoms with E-state index in [0.29, 0.717) is 8.17 Å². The first-order valence-electron chi connectivity index (χ1n) is 4.96. The van der Waals surface area contributed by atoms with Crippen molar-refractivity contribution in [3.8, 4) is 0 Å². The molecule has 2 nitrogen and oxygen atoms in total. The molecule has 2 heterocycles. The third-order valence-electron chi connectivity index (χ3n) is 1.84. The fourth-order valence-corrected chi connectivity index (χ4v) is 1.92. The molecule has 2 aromatic rings. The first kappa shape index (κ1) is 18.7. The topological polar surface area (TPSA) is 25.8 Å². The lowest BCUT2D eigenvalue weighted by molar-refractivity contribution is -0.143. The third kappa shape index (κ3) is 6.10. The Morgan fingerprint density at radius 3 is 1.76 bits per heavy atom. The SMILES string of the molecule is Fc1cc(Br)cnc1C(F)(F)F.Fc1cc(Br)cnc1I. The lowest BCUT2D eigenvalue weighted by Gasteiger charge is -2.05. The highest BCUT2D eigenvalue weighted by atomic mass is 127. The molecule has 0 fully saturated rings. The molecule has 0 spiro atoms. The predicted molar refractivity (Wildman–Crippen MR) is 81.5 cm³/mol. The zero-order valence-corrected chi connectivity index (χ0v) is 15.1. The van der Waals surface area contributed by atoms with Gasteiger partial charge in [-0.1, -0.05) is 0 Å². The average molecular weight is 546 g/mol. The summed E-state index contributed by atoms with van der Waals surface area (Å²) in [6.45, 7) is 0. The number of alkyl halides is 3. The van der Waals surface area contributed by atoms with E-state index < -0.39 is 17.7 Å². The first-order chi connectivity index (χ1) is 9.61. The molecular formula is C11H4Br2F5IN2. The van der Waals surface area contributed by atoms with Crippen molar-refractivity contribution in [1.82, 2.24) is 9.97 Å². The highest BCUT2D eigenvalue weighted by Gasteiger charge is 2.35. The van der Waals surface area contributed by atoms with Crippen LogP contribution in [-0.4, -0.2) is 9.97 Å². The zero-order valence-electron chi connectivity index (χ0n) is 9.73. The van der Waals surface area contributed by atoms with E-state index >= 15 is 0 Å². The van der Waals surface area contributed by atoms with E-state index in [2.05, 4.69) is 41.8 Å². The largest absolute Gasteiger partial charge is 0.436 e. The average Bonchev–Trinajstić information content (AvgIpc) is 2.33. The maximum atomic E-state index is 12.5. The van der Waals surface area contributed by atoms with Gasteiger partial charge in [-0.05, 0) is 66.6 Å². The van der Waals surface area contributed by atoms with E-state index in [0.717, 1.165) is 12.3 Å². The maximum absolute atomic E-state index is 12.5. The van der Waals surface area contributed by atoms with Crippen molar-refractivity contribution in [2.45, 2.75) is 6.18 Å². The van der Waals surface area contributed by atoms with Gasteiger partial charge in [0.25, 0.3) is 0 Å². The van der Waals surface area contributed by atoms with Gasteiger partial charge in [0.1, 0.15) is 3.70 Å². The standard InChI is InChI=1S/C6H2BrF4N.C5H2BrFIN/c7-3-1-4(8)5(12-2-3)6(9,10)11;6-3-1-4(7)5(8)9-2-3/h1-2H;1-2H.